The number of ether oxygens (including phenoxy) is 2. The highest BCUT2D eigenvalue weighted by atomic mass is 79.9. The van der Waals surface area contributed by atoms with Gasteiger partial charge in [0.25, 0.3) is 6.47 Å². The number of hydrogen-bond acceptors (Lipinski definition) is 6. The van der Waals surface area contributed by atoms with E-state index in [1.165, 1.54) is 12.1 Å². The molecule has 27 heavy (non-hydrogen) atoms. The first-order valence-electron chi connectivity index (χ1n) is 8.32. The standard InChI is InChI=1S/C15H17BrFNOS.C4H8O2S/c1-18(2)8-7-13(15-4-3-9-20-15)19-14-10-11(17)5-6-12(14)16;1-7-3-2-6-4-5/h3-6,9-10,13H,7-8H2,1-2H3;4H,2-3H2,1H3. The number of nitrogens with zero attached hydrogens (tertiary/aromatic N) is 1. The van der Waals surface area contributed by atoms with Crippen molar-refractivity contribution in [3.8, 4) is 5.75 Å². The molecule has 0 aliphatic carbocycles. The normalized spacial score (nSPS) is 11.5. The molecule has 0 fully saturated rings. The van der Waals surface area contributed by atoms with Gasteiger partial charge < -0.3 is 14.4 Å². The van der Waals surface area contributed by atoms with Crippen LogP contribution < -0.4 is 4.74 Å². The Balaban J connectivity index is 0.000000445. The molecule has 0 aliphatic rings. The number of benzene rings is 1. The Morgan fingerprint density at radius 2 is 2.15 bits per heavy atom. The van der Waals surface area contributed by atoms with E-state index in [9.17, 15) is 9.18 Å². The molecule has 0 saturated carbocycles. The number of rotatable bonds is 10. The van der Waals surface area contributed by atoms with E-state index in [2.05, 4.69) is 31.6 Å². The topological polar surface area (TPSA) is 38.8 Å². The van der Waals surface area contributed by atoms with E-state index < -0.39 is 0 Å². The third-order valence-corrected chi connectivity index (χ3v) is 5.53. The Kier molecular flexibility index (Phi) is 12.4. The van der Waals surface area contributed by atoms with Crippen molar-refractivity contribution in [2.45, 2.75) is 12.5 Å². The summed E-state index contributed by atoms with van der Waals surface area (Å²) in [5.74, 6) is 1.14. The van der Waals surface area contributed by atoms with Crippen LogP contribution in [-0.4, -0.2) is 50.6 Å². The number of thioether (sulfide) groups is 1. The lowest BCUT2D eigenvalue weighted by molar-refractivity contribution is -0.128. The van der Waals surface area contributed by atoms with Crippen LogP contribution in [0.15, 0.2) is 40.2 Å². The molecule has 1 atom stereocenters. The first-order chi connectivity index (χ1) is 13.0. The molecule has 0 saturated heterocycles. The Labute approximate surface area is 177 Å². The molecule has 0 bridgehead atoms. The molecule has 0 spiro atoms. The van der Waals surface area contributed by atoms with Gasteiger partial charge in [-0.15, -0.1) is 11.3 Å². The molecule has 4 nitrogen and oxygen atoms in total. The molecule has 0 radical (unpaired) electrons. The average molecular weight is 478 g/mol. The molecule has 1 unspecified atom stereocenters. The monoisotopic (exact) mass is 477 g/mol. The Morgan fingerprint density at radius 1 is 1.37 bits per heavy atom. The highest BCUT2D eigenvalue weighted by Gasteiger charge is 2.16. The SMILES string of the molecule is CN(C)CCC(Oc1cc(F)ccc1Br)c1cccs1.CSCCOC=O. The van der Waals surface area contributed by atoms with Crippen LogP contribution in [0.1, 0.15) is 17.4 Å². The van der Waals surface area contributed by atoms with E-state index in [4.69, 9.17) is 4.74 Å². The predicted molar refractivity (Wildman–Crippen MR) is 115 cm³/mol. The third-order valence-electron chi connectivity index (χ3n) is 3.33. The van der Waals surface area contributed by atoms with Gasteiger partial charge >= 0.3 is 0 Å². The summed E-state index contributed by atoms with van der Waals surface area (Å²) in [6.45, 7) is 1.91. The van der Waals surface area contributed by atoms with Crippen LogP contribution in [0.2, 0.25) is 0 Å². The number of carbonyl (C=O) groups is 1. The van der Waals surface area contributed by atoms with Crippen molar-refractivity contribution in [2.24, 2.45) is 0 Å². The first kappa shape index (κ1) is 23.9. The van der Waals surface area contributed by atoms with Crippen LogP contribution in [0.5, 0.6) is 5.75 Å². The zero-order valence-electron chi connectivity index (χ0n) is 15.7. The van der Waals surface area contributed by atoms with E-state index in [0.717, 1.165) is 28.1 Å². The number of halogens is 2. The average Bonchev–Trinajstić information content (AvgIpc) is 3.17. The summed E-state index contributed by atoms with van der Waals surface area (Å²) in [5.41, 5.74) is 0. The van der Waals surface area contributed by atoms with Crippen molar-refractivity contribution in [3.63, 3.8) is 0 Å². The highest BCUT2D eigenvalue weighted by Crippen LogP contribution is 2.33. The molecule has 0 N–H and O–H groups in total. The fourth-order valence-corrected chi connectivity index (χ4v) is 3.40. The first-order valence-corrected chi connectivity index (χ1v) is 11.4. The lowest BCUT2D eigenvalue weighted by Gasteiger charge is -2.21. The molecule has 8 heteroatoms. The molecule has 0 aliphatic heterocycles. The van der Waals surface area contributed by atoms with Crippen molar-refractivity contribution in [3.05, 3.63) is 50.9 Å². The van der Waals surface area contributed by atoms with Crippen molar-refractivity contribution >= 4 is 45.5 Å². The van der Waals surface area contributed by atoms with E-state index in [1.807, 2.05) is 31.8 Å². The fraction of sp³-hybridized carbons (Fsp3) is 0.421. The maximum absolute atomic E-state index is 13.3. The van der Waals surface area contributed by atoms with Crippen LogP contribution >= 0.6 is 39.0 Å². The number of thiophene rings is 1. The summed E-state index contributed by atoms with van der Waals surface area (Å²) < 4.78 is 24.5. The minimum Gasteiger partial charge on any atom is -0.484 e. The summed E-state index contributed by atoms with van der Waals surface area (Å²) >= 11 is 6.72. The number of carbonyl (C=O) groups excluding carboxylic acids is 1. The van der Waals surface area contributed by atoms with Gasteiger partial charge in [0.05, 0.1) is 4.47 Å². The second kappa shape index (κ2) is 14.0. The maximum atomic E-state index is 13.3. The molecule has 150 valence electrons. The summed E-state index contributed by atoms with van der Waals surface area (Å²) in [6.07, 6.45) is 2.76. The van der Waals surface area contributed by atoms with Crippen molar-refractivity contribution in [1.29, 1.82) is 0 Å². The molecule has 1 aromatic heterocycles. The van der Waals surface area contributed by atoms with Gasteiger partial charge in [-0.25, -0.2) is 4.39 Å². The van der Waals surface area contributed by atoms with E-state index in [-0.39, 0.29) is 11.9 Å². The summed E-state index contributed by atoms with van der Waals surface area (Å²) in [4.78, 5) is 12.7. The number of hydrogen-bond donors (Lipinski definition) is 0. The molecule has 2 rings (SSSR count). The van der Waals surface area contributed by atoms with Gasteiger partial charge in [0.2, 0.25) is 0 Å². The van der Waals surface area contributed by atoms with Gasteiger partial charge in [-0.3, -0.25) is 4.79 Å². The largest absolute Gasteiger partial charge is 0.484 e. The fourth-order valence-electron chi connectivity index (χ4n) is 2.01. The lowest BCUT2D eigenvalue weighted by Crippen LogP contribution is -2.18. The predicted octanol–water partition coefficient (Wildman–Crippen LogP) is 5.24. The summed E-state index contributed by atoms with van der Waals surface area (Å²) in [6, 6.07) is 8.56. The molecule has 2 aromatic rings. The van der Waals surface area contributed by atoms with Crippen LogP contribution in [0.3, 0.4) is 0 Å². The van der Waals surface area contributed by atoms with Crippen molar-refractivity contribution in [1.82, 2.24) is 4.90 Å². The van der Waals surface area contributed by atoms with Crippen LogP contribution in [0.4, 0.5) is 4.39 Å². The quantitative estimate of drug-likeness (QED) is 0.345. The summed E-state index contributed by atoms with van der Waals surface area (Å²) in [7, 11) is 4.06. The Bertz CT molecular complexity index is 656. The second-order valence-corrected chi connectivity index (χ2v) is 8.57. The van der Waals surface area contributed by atoms with Gasteiger partial charge in [-0.1, -0.05) is 6.07 Å². The minimum atomic E-state index is -0.291. The van der Waals surface area contributed by atoms with Crippen molar-refractivity contribution in [2.75, 3.05) is 39.3 Å². The van der Waals surface area contributed by atoms with Gasteiger partial charge in [-0.05, 0) is 59.9 Å². The van der Waals surface area contributed by atoms with Gasteiger partial charge in [0.15, 0.2) is 0 Å². The van der Waals surface area contributed by atoms with Crippen molar-refractivity contribution < 1.29 is 18.7 Å². The van der Waals surface area contributed by atoms with E-state index in [0.29, 0.717) is 18.8 Å². The van der Waals surface area contributed by atoms with Gasteiger partial charge in [0.1, 0.15) is 24.3 Å². The van der Waals surface area contributed by atoms with Gasteiger partial charge in [0, 0.05) is 29.7 Å². The summed E-state index contributed by atoms with van der Waals surface area (Å²) in [5, 5.41) is 2.03. The van der Waals surface area contributed by atoms with E-state index >= 15 is 0 Å². The smallest absolute Gasteiger partial charge is 0.293 e. The molecule has 0 amide bonds. The third kappa shape index (κ3) is 10.1. The minimum absolute atomic E-state index is 0.0597. The Morgan fingerprint density at radius 3 is 2.74 bits per heavy atom. The molecular formula is C19H25BrFNO3S2. The second-order valence-electron chi connectivity index (χ2n) is 5.75. The van der Waals surface area contributed by atoms with Crippen LogP contribution in [-0.2, 0) is 9.53 Å². The van der Waals surface area contributed by atoms with Crippen LogP contribution in [0, 0.1) is 5.82 Å². The maximum Gasteiger partial charge on any atom is 0.293 e. The Hall–Kier alpha value is -1.09. The molecular weight excluding hydrogens is 453 g/mol. The molecule has 1 aromatic carbocycles. The highest BCUT2D eigenvalue weighted by molar-refractivity contribution is 9.10. The molecule has 1 heterocycles. The zero-order valence-corrected chi connectivity index (χ0v) is 18.9. The lowest BCUT2D eigenvalue weighted by atomic mass is 10.2. The van der Waals surface area contributed by atoms with E-state index in [1.54, 1.807) is 29.2 Å². The zero-order chi connectivity index (χ0) is 20.1. The van der Waals surface area contributed by atoms with Gasteiger partial charge in [-0.2, -0.15) is 11.8 Å². The van der Waals surface area contributed by atoms with Crippen LogP contribution in [0.25, 0.3) is 0 Å².